The van der Waals surface area contributed by atoms with Crippen LogP contribution in [0.4, 0.5) is 0 Å². The van der Waals surface area contributed by atoms with E-state index in [0.29, 0.717) is 12.5 Å². The predicted octanol–water partition coefficient (Wildman–Crippen LogP) is 1.62. The Bertz CT molecular complexity index is 223. The van der Waals surface area contributed by atoms with Gasteiger partial charge in [-0.25, -0.2) is 0 Å². The van der Waals surface area contributed by atoms with Gasteiger partial charge in [-0.1, -0.05) is 12.8 Å². The molecule has 0 aromatic heterocycles. The zero-order chi connectivity index (χ0) is 12.0. The number of rotatable bonds is 5. The summed E-state index contributed by atoms with van der Waals surface area (Å²) in [5, 5.41) is 3.10. The summed E-state index contributed by atoms with van der Waals surface area (Å²) in [7, 11) is 0. The van der Waals surface area contributed by atoms with Crippen LogP contribution in [0.5, 0.6) is 0 Å². The van der Waals surface area contributed by atoms with Crippen molar-refractivity contribution in [3.63, 3.8) is 0 Å². The lowest BCUT2D eigenvalue weighted by molar-refractivity contribution is -0.128. The lowest BCUT2D eigenvalue weighted by Crippen LogP contribution is -2.43. The van der Waals surface area contributed by atoms with Gasteiger partial charge in [0.2, 0.25) is 5.91 Å². The maximum Gasteiger partial charge on any atom is 0.223 e. The minimum absolute atomic E-state index is 0.156. The van der Waals surface area contributed by atoms with E-state index in [2.05, 4.69) is 18.5 Å². The van der Waals surface area contributed by atoms with E-state index in [1.54, 1.807) is 11.8 Å². The number of nitrogens with one attached hydrogen (secondary N) is 1. The van der Waals surface area contributed by atoms with Crippen LogP contribution in [0, 0.1) is 11.8 Å². The largest absolute Gasteiger partial charge is 0.353 e. The Morgan fingerprint density at radius 1 is 1.50 bits per heavy atom. The van der Waals surface area contributed by atoms with Crippen LogP contribution in [0.3, 0.4) is 0 Å². The van der Waals surface area contributed by atoms with Crippen LogP contribution in [-0.4, -0.2) is 30.5 Å². The van der Waals surface area contributed by atoms with E-state index >= 15 is 0 Å². The standard InChI is InChI=1S/C12H24N2OS/c1-9(8-16-2)14-12(15)11-6-4-3-5-10(11)7-13/h9-11H,3-8,13H2,1-2H3,(H,14,15). The van der Waals surface area contributed by atoms with E-state index in [4.69, 9.17) is 5.73 Å². The fraction of sp³-hybridized carbons (Fsp3) is 0.917. The van der Waals surface area contributed by atoms with E-state index in [0.717, 1.165) is 18.6 Å². The monoisotopic (exact) mass is 244 g/mol. The molecule has 1 aliphatic carbocycles. The highest BCUT2D eigenvalue weighted by atomic mass is 32.2. The first-order valence-corrected chi connectivity index (χ1v) is 7.57. The molecule has 1 saturated carbocycles. The zero-order valence-electron chi connectivity index (χ0n) is 10.4. The highest BCUT2D eigenvalue weighted by Crippen LogP contribution is 2.29. The molecule has 3 atom stereocenters. The van der Waals surface area contributed by atoms with Crippen molar-refractivity contribution in [1.29, 1.82) is 0 Å². The molecule has 0 aliphatic heterocycles. The molecule has 0 radical (unpaired) electrons. The first-order valence-electron chi connectivity index (χ1n) is 6.18. The Balaban J connectivity index is 2.44. The summed E-state index contributed by atoms with van der Waals surface area (Å²) < 4.78 is 0. The molecule has 3 nitrogen and oxygen atoms in total. The summed E-state index contributed by atoms with van der Waals surface area (Å²) in [5.74, 6) is 1.75. The molecule has 1 aliphatic rings. The number of thioether (sulfide) groups is 1. The van der Waals surface area contributed by atoms with E-state index in [1.807, 2.05) is 0 Å². The summed E-state index contributed by atoms with van der Waals surface area (Å²) in [6, 6.07) is 0.267. The van der Waals surface area contributed by atoms with Crippen LogP contribution in [0.15, 0.2) is 0 Å². The van der Waals surface area contributed by atoms with Crippen molar-refractivity contribution in [1.82, 2.24) is 5.32 Å². The predicted molar refractivity (Wildman–Crippen MR) is 70.5 cm³/mol. The third-order valence-electron chi connectivity index (χ3n) is 3.35. The van der Waals surface area contributed by atoms with Gasteiger partial charge in [-0.2, -0.15) is 11.8 Å². The fourth-order valence-corrected chi connectivity index (χ4v) is 3.06. The molecule has 1 amide bonds. The van der Waals surface area contributed by atoms with Crippen molar-refractivity contribution in [3.8, 4) is 0 Å². The molecule has 0 aromatic carbocycles. The molecule has 16 heavy (non-hydrogen) atoms. The summed E-state index contributed by atoms with van der Waals surface area (Å²) in [4.78, 5) is 12.1. The molecule has 0 aromatic rings. The van der Waals surface area contributed by atoms with Crippen molar-refractivity contribution in [2.24, 2.45) is 17.6 Å². The maximum absolute atomic E-state index is 12.1. The quantitative estimate of drug-likeness (QED) is 0.772. The van der Waals surface area contributed by atoms with Crippen molar-refractivity contribution in [2.45, 2.75) is 38.6 Å². The van der Waals surface area contributed by atoms with Gasteiger partial charge in [-0.05, 0) is 38.5 Å². The Labute approximate surface area is 103 Å². The molecule has 1 rings (SSSR count). The molecule has 0 saturated heterocycles. The normalized spacial score (nSPS) is 27.4. The minimum Gasteiger partial charge on any atom is -0.353 e. The van der Waals surface area contributed by atoms with Gasteiger partial charge in [0.15, 0.2) is 0 Å². The van der Waals surface area contributed by atoms with Gasteiger partial charge in [0.1, 0.15) is 0 Å². The first kappa shape index (κ1) is 13.8. The Morgan fingerprint density at radius 3 is 2.81 bits per heavy atom. The van der Waals surface area contributed by atoms with E-state index in [-0.39, 0.29) is 17.9 Å². The van der Waals surface area contributed by atoms with E-state index < -0.39 is 0 Å². The van der Waals surface area contributed by atoms with Gasteiger partial charge >= 0.3 is 0 Å². The highest BCUT2D eigenvalue weighted by molar-refractivity contribution is 7.98. The number of hydrogen-bond donors (Lipinski definition) is 2. The number of carbonyl (C=O) groups is 1. The lowest BCUT2D eigenvalue weighted by Gasteiger charge is -2.30. The third kappa shape index (κ3) is 3.98. The zero-order valence-corrected chi connectivity index (χ0v) is 11.2. The molecule has 3 unspecified atom stereocenters. The van der Waals surface area contributed by atoms with E-state index in [9.17, 15) is 4.79 Å². The van der Waals surface area contributed by atoms with Crippen molar-refractivity contribution in [2.75, 3.05) is 18.6 Å². The van der Waals surface area contributed by atoms with Crippen LogP contribution in [-0.2, 0) is 4.79 Å². The average molecular weight is 244 g/mol. The molecule has 94 valence electrons. The van der Waals surface area contributed by atoms with Gasteiger partial charge in [0, 0.05) is 17.7 Å². The Morgan fingerprint density at radius 2 is 2.19 bits per heavy atom. The second-order valence-corrected chi connectivity index (χ2v) is 5.66. The van der Waals surface area contributed by atoms with Gasteiger partial charge in [0.05, 0.1) is 0 Å². The van der Waals surface area contributed by atoms with Gasteiger partial charge < -0.3 is 11.1 Å². The number of nitrogens with two attached hydrogens (primary N) is 1. The Kier molecular flexibility index (Phi) is 6.21. The topological polar surface area (TPSA) is 55.1 Å². The van der Waals surface area contributed by atoms with Gasteiger partial charge in [-0.15, -0.1) is 0 Å². The molecular weight excluding hydrogens is 220 g/mol. The third-order valence-corrected chi connectivity index (χ3v) is 4.19. The number of carbonyl (C=O) groups excluding carboxylic acids is 1. The highest BCUT2D eigenvalue weighted by Gasteiger charge is 2.30. The van der Waals surface area contributed by atoms with E-state index in [1.165, 1.54) is 12.8 Å². The first-order chi connectivity index (χ1) is 7.69. The molecular formula is C12H24N2OS. The second-order valence-electron chi connectivity index (χ2n) is 4.75. The lowest BCUT2D eigenvalue weighted by atomic mass is 9.78. The van der Waals surface area contributed by atoms with Crippen LogP contribution in [0.25, 0.3) is 0 Å². The smallest absolute Gasteiger partial charge is 0.223 e. The SMILES string of the molecule is CSCC(C)NC(=O)C1CCCCC1CN. The Hall–Kier alpha value is -0.220. The van der Waals surface area contributed by atoms with Crippen LogP contribution >= 0.6 is 11.8 Å². The second kappa shape index (κ2) is 7.17. The van der Waals surface area contributed by atoms with Gasteiger partial charge in [-0.3, -0.25) is 4.79 Å². The minimum atomic E-state index is 0.156. The van der Waals surface area contributed by atoms with Gasteiger partial charge in [0.25, 0.3) is 0 Å². The number of amides is 1. The molecule has 0 bridgehead atoms. The van der Waals surface area contributed by atoms with Crippen LogP contribution in [0.2, 0.25) is 0 Å². The van der Waals surface area contributed by atoms with Crippen LogP contribution < -0.4 is 11.1 Å². The molecule has 0 heterocycles. The fourth-order valence-electron chi connectivity index (χ4n) is 2.48. The summed E-state index contributed by atoms with van der Waals surface area (Å²) in [6.07, 6.45) is 6.59. The summed E-state index contributed by atoms with van der Waals surface area (Å²) in [5.41, 5.74) is 5.74. The van der Waals surface area contributed by atoms with Crippen molar-refractivity contribution >= 4 is 17.7 Å². The number of hydrogen-bond acceptors (Lipinski definition) is 3. The van der Waals surface area contributed by atoms with Crippen molar-refractivity contribution < 1.29 is 4.79 Å². The average Bonchev–Trinajstić information content (AvgIpc) is 2.29. The maximum atomic E-state index is 12.1. The molecule has 4 heteroatoms. The molecule has 0 spiro atoms. The van der Waals surface area contributed by atoms with Crippen LogP contribution in [0.1, 0.15) is 32.6 Å². The molecule has 3 N–H and O–H groups in total. The van der Waals surface area contributed by atoms with Crippen molar-refractivity contribution in [3.05, 3.63) is 0 Å². The summed E-state index contributed by atoms with van der Waals surface area (Å²) >= 11 is 1.77. The summed E-state index contributed by atoms with van der Waals surface area (Å²) in [6.45, 7) is 2.71. The molecule has 1 fully saturated rings.